The van der Waals surface area contributed by atoms with Crippen molar-refractivity contribution in [2.75, 3.05) is 16.1 Å². The summed E-state index contributed by atoms with van der Waals surface area (Å²) < 4.78 is 0. The lowest BCUT2D eigenvalue weighted by Gasteiger charge is -2.46. The van der Waals surface area contributed by atoms with Gasteiger partial charge in [-0.05, 0) is 157 Å². The molecular weight excluding hydrogens is 659 g/mol. The summed E-state index contributed by atoms with van der Waals surface area (Å²) in [6.07, 6.45) is 7.65. The van der Waals surface area contributed by atoms with E-state index in [1.54, 1.807) is 16.7 Å². The Morgan fingerprint density at radius 1 is 0.679 bits per heavy atom. The molecule has 2 heterocycles. The molecule has 7 aliphatic rings. The molecule has 53 heavy (non-hydrogen) atoms. The summed E-state index contributed by atoms with van der Waals surface area (Å²) in [5, 5.41) is 0. The van der Waals surface area contributed by atoms with Crippen LogP contribution in [0.25, 0.3) is 11.1 Å². The van der Waals surface area contributed by atoms with Gasteiger partial charge in [0.1, 0.15) is 0 Å². The van der Waals surface area contributed by atoms with E-state index >= 15 is 0 Å². The van der Waals surface area contributed by atoms with E-state index in [2.05, 4.69) is 159 Å². The fourth-order valence-corrected chi connectivity index (χ4v) is 12.7. The van der Waals surface area contributed by atoms with Crippen LogP contribution in [0.1, 0.15) is 46.2 Å². The topological polar surface area (TPSA) is 6.48 Å². The Morgan fingerprint density at radius 2 is 1.40 bits per heavy atom. The first kappa shape index (κ1) is 30.5. The first-order valence-corrected chi connectivity index (χ1v) is 20.7. The lowest BCUT2D eigenvalue weighted by atomic mass is 9.33. The molecule has 0 radical (unpaired) electrons. The van der Waals surface area contributed by atoms with E-state index in [9.17, 15) is 0 Å². The molecule has 2 fully saturated rings. The minimum Gasteiger partial charge on any atom is -0.311 e. The number of hydrogen-bond acceptors (Lipinski definition) is 3. The highest BCUT2D eigenvalue weighted by Crippen LogP contribution is 2.75. The number of aryl methyl sites for hydroxylation is 4. The van der Waals surface area contributed by atoms with Crippen molar-refractivity contribution in [1.82, 2.24) is 0 Å². The van der Waals surface area contributed by atoms with Gasteiger partial charge in [0.2, 0.25) is 0 Å². The number of benzene rings is 6. The van der Waals surface area contributed by atoms with Gasteiger partial charge >= 0.3 is 0 Å². The largest absolute Gasteiger partial charge is 0.311 e. The van der Waals surface area contributed by atoms with Crippen LogP contribution in [0.3, 0.4) is 0 Å². The molecular formula is C49H41BN2S. The zero-order chi connectivity index (χ0) is 35.5. The Morgan fingerprint density at radius 3 is 2.08 bits per heavy atom. The second kappa shape index (κ2) is 10.4. The van der Waals surface area contributed by atoms with Gasteiger partial charge in [-0.2, -0.15) is 0 Å². The fraction of sp³-hybridized carbons (Fsp3) is 0.224. The molecule has 0 N–H and O–H groups in total. The molecule has 1 spiro atoms. The van der Waals surface area contributed by atoms with Crippen molar-refractivity contribution in [2.24, 2.45) is 17.8 Å². The van der Waals surface area contributed by atoms with Crippen LogP contribution in [0.2, 0.25) is 0 Å². The van der Waals surface area contributed by atoms with Gasteiger partial charge in [0, 0.05) is 50.0 Å². The van der Waals surface area contributed by atoms with Crippen LogP contribution in [0.4, 0.5) is 34.1 Å². The van der Waals surface area contributed by atoms with Crippen molar-refractivity contribution < 1.29 is 0 Å². The normalized spacial score (nSPS) is 23.0. The highest BCUT2D eigenvalue weighted by molar-refractivity contribution is 7.98. The van der Waals surface area contributed by atoms with Gasteiger partial charge in [0.25, 0.3) is 6.71 Å². The second-order valence-corrected chi connectivity index (χ2v) is 17.6. The van der Waals surface area contributed by atoms with Crippen molar-refractivity contribution in [3.8, 4) is 11.1 Å². The molecule has 4 heteroatoms. The van der Waals surface area contributed by atoms with Gasteiger partial charge in [-0.25, -0.2) is 0 Å². The minimum atomic E-state index is 0.00643. The third-order valence-electron chi connectivity index (χ3n) is 13.9. The molecule has 2 aliphatic heterocycles. The van der Waals surface area contributed by atoms with E-state index in [0.717, 1.165) is 5.92 Å². The number of nitrogens with zero attached hydrogens (tertiary/aromatic N) is 2. The average molecular weight is 701 g/mol. The van der Waals surface area contributed by atoms with Crippen LogP contribution in [0.15, 0.2) is 126 Å². The summed E-state index contributed by atoms with van der Waals surface area (Å²) >= 11 is 1.85. The Bertz CT molecular complexity index is 2670. The Kier molecular flexibility index (Phi) is 5.98. The number of rotatable bonds is 3. The highest BCUT2D eigenvalue weighted by Gasteiger charge is 2.67. The molecule has 4 unspecified atom stereocenters. The third kappa shape index (κ3) is 3.69. The van der Waals surface area contributed by atoms with Crippen LogP contribution in [-0.2, 0) is 5.41 Å². The van der Waals surface area contributed by atoms with Gasteiger partial charge in [0.15, 0.2) is 0 Å². The van der Waals surface area contributed by atoms with E-state index in [-0.39, 0.29) is 12.1 Å². The predicted octanol–water partition coefficient (Wildman–Crippen LogP) is 10.6. The van der Waals surface area contributed by atoms with E-state index in [1.165, 1.54) is 102 Å². The van der Waals surface area contributed by atoms with Crippen LogP contribution in [0.5, 0.6) is 0 Å². The summed E-state index contributed by atoms with van der Waals surface area (Å²) in [6.45, 7) is 9.25. The molecule has 13 rings (SSSR count). The summed E-state index contributed by atoms with van der Waals surface area (Å²) in [6, 6.07) is 42.6. The van der Waals surface area contributed by atoms with E-state index < -0.39 is 0 Å². The molecule has 0 amide bonds. The maximum Gasteiger partial charge on any atom is 0.252 e. The molecule has 0 saturated heterocycles. The number of allylic oxidation sites excluding steroid dienone is 2. The number of fused-ring (bicyclic) bond motifs is 8. The highest BCUT2D eigenvalue weighted by atomic mass is 32.2. The summed E-state index contributed by atoms with van der Waals surface area (Å²) in [7, 11) is 0. The number of anilines is 6. The van der Waals surface area contributed by atoms with Crippen LogP contribution in [-0.4, -0.2) is 13.0 Å². The van der Waals surface area contributed by atoms with Crippen molar-refractivity contribution in [3.05, 3.63) is 154 Å². The first-order chi connectivity index (χ1) is 25.9. The first-order valence-electron chi connectivity index (χ1n) is 19.4. The van der Waals surface area contributed by atoms with Crippen LogP contribution >= 0.6 is 11.8 Å². The Labute approximate surface area is 317 Å². The quantitative estimate of drug-likeness (QED) is 0.103. The Balaban J connectivity index is 1.24. The number of hydrogen-bond donors (Lipinski definition) is 0. The van der Waals surface area contributed by atoms with Crippen molar-refractivity contribution in [2.45, 2.75) is 50.8 Å². The van der Waals surface area contributed by atoms with Crippen LogP contribution < -0.4 is 26.2 Å². The molecule has 4 atom stereocenters. The summed E-state index contributed by atoms with van der Waals surface area (Å²) in [4.78, 5) is 6.52. The van der Waals surface area contributed by atoms with Gasteiger partial charge in [-0.1, -0.05) is 83.9 Å². The fourth-order valence-electron chi connectivity index (χ4n) is 12.3. The lowest BCUT2D eigenvalue weighted by molar-refractivity contribution is 0.372. The maximum atomic E-state index is 2.72. The standard InChI is InChI=1S/C49H41BN2S/c1-27-10-8-12-33(18-27)51-42-17-16-29(3)20-40(42)50-41-21-30(4)46-45(36-14-6-7-15-37(36)49(46)38-23-31-22-32(38)24-39(31)49)48(41)52(34-13-9-11-28(2)19-34)44-26-35(53-5)25-43(51)47(44)50/h6-21,23,25-26,31-32,39H,22,24H2,1-5H3. The molecule has 4 bridgehead atoms. The van der Waals surface area contributed by atoms with Crippen molar-refractivity contribution >= 4 is 69.0 Å². The van der Waals surface area contributed by atoms with E-state index in [1.807, 2.05) is 11.8 Å². The van der Waals surface area contributed by atoms with E-state index in [0.29, 0.717) is 11.8 Å². The molecule has 0 aromatic heterocycles. The smallest absolute Gasteiger partial charge is 0.252 e. The molecule has 5 aliphatic carbocycles. The predicted molar refractivity (Wildman–Crippen MR) is 225 cm³/mol. The van der Waals surface area contributed by atoms with Crippen LogP contribution in [0, 0.1) is 45.4 Å². The molecule has 256 valence electrons. The minimum absolute atomic E-state index is 0.00643. The number of thioether (sulfide) groups is 1. The Hall–Kier alpha value is -4.93. The monoisotopic (exact) mass is 700 g/mol. The average Bonchev–Trinajstić information content (AvgIpc) is 3.96. The zero-order valence-electron chi connectivity index (χ0n) is 31.0. The van der Waals surface area contributed by atoms with Gasteiger partial charge < -0.3 is 9.80 Å². The molecule has 2 nitrogen and oxygen atoms in total. The van der Waals surface area contributed by atoms with Crippen molar-refractivity contribution in [3.63, 3.8) is 0 Å². The summed E-state index contributed by atoms with van der Waals surface area (Å²) in [5.41, 5.74) is 25.1. The second-order valence-electron chi connectivity index (χ2n) is 16.7. The van der Waals surface area contributed by atoms with Crippen molar-refractivity contribution in [1.29, 1.82) is 0 Å². The van der Waals surface area contributed by atoms with Gasteiger partial charge in [-0.3, -0.25) is 0 Å². The summed E-state index contributed by atoms with van der Waals surface area (Å²) in [5.74, 6) is 2.12. The molecule has 2 saturated carbocycles. The SMILES string of the molecule is CSc1cc2c3c(c1)N(c1cccc(C)c1)c1c(cc(C)c4c1-c1ccccc1C41C4=CC5CC4CC51)B3c1cc(C)ccc1N2c1cccc(C)c1. The molecule has 6 aromatic rings. The zero-order valence-corrected chi connectivity index (χ0v) is 31.8. The van der Waals surface area contributed by atoms with E-state index in [4.69, 9.17) is 0 Å². The van der Waals surface area contributed by atoms with Gasteiger partial charge in [-0.15, -0.1) is 11.8 Å². The lowest BCUT2D eigenvalue weighted by Crippen LogP contribution is -2.61. The van der Waals surface area contributed by atoms with Gasteiger partial charge in [0.05, 0.1) is 0 Å². The maximum absolute atomic E-state index is 2.72. The molecule has 6 aromatic carbocycles. The third-order valence-corrected chi connectivity index (χ3v) is 14.6.